The number of hydrogen-bond acceptors (Lipinski definition) is 4. The van der Waals surface area contributed by atoms with Gasteiger partial charge in [-0.25, -0.2) is 4.99 Å². The van der Waals surface area contributed by atoms with E-state index in [2.05, 4.69) is 171 Å². The molecule has 1 aliphatic carbocycles. The van der Waals surface area contributed by atoms with Gasteiger partial charge in [0, 0.05) is 23.4 Å². The summed E-state index contributed by atoms with van der Waals surface area (Å²) in [6, 6.07) is 40.6. The summed E-state index contributed by atoms with van der Waals surface area (Å²) < 4.78 is 0. The van der Waals surface area contributed by atoms with Gasteiger partial charge in [-0.2, -0.15) is 0 Å². The van der Waals surface area contributed by atoms with E-state index in [0.29, 0.717) is 5.71 Å². The molecule has 0 bridgehead atoms. The number of nitrogen functional groups attached to an aromatic ring is 1. The number of aliphatic imine (C=N–C) groups is 1. The van der Waals surface area contributed by atoms with Crippen LogP contribution in [0.5, 0.6) is 0 Å². The largest absolute Gasteiger partial charge is 0.398 e. The molecule has 4 heteroatoms. The molecule has 8 rings (SSSR count). The van der Waals surface area contributed by atoms with E-state index in [0.717, 1.165) is 85.8 Å². The lowest BCUT2D eigenvalue weighted by atomic mass is 9.88. The second-order valence-electron chi connectivity index (χ2n) is 14.2. The third kappa shape index (κ3) is 11.5. The number of nitrogens with two attached hydrogens (primary N) is 1. The fourth-order valence-electron chi connectivity index (χ4n) is 7.65. The molecule has 6 aromatic carbocycles. The van der Waals surface area contributed by atoms with Crippen molar-refractivity contribution in [2.24, 2.45) is 4.99 Å². The standard InChI is InChI=1S/C52H44N4.4C2H6/c1-4-12-50(47-33-40-14-6-7-17-43(40)44-18-8-9-19-45(44)47)56-49-29-26-38(31-34(49)3)39-25-28-48(53)41(32-39)15-10-13-35-20-22-36(23-21-35)42(5-2)46-27-24-37-16-11-30-55-52(37)51(46)54;4*1-2/h4-12,14-29,31-33,54-55H,2,13,30,53H2,1,3H3;4*1-2H3/b12-4-,15-10-,46-42+,54-51?,56-50?;;;;. The fraction of sp³-hybridized carbons (Fsp3) is 0.200. The summed E-state index contributed by atoms with van der Waals surface area (Å²) in [6.07, 6.45) is 19.3. The van der Waals surface area contributed by atoms with E-state index < -0.39 is 0 Å². The topological polar surface area (TPSA) is 74.3 Å². The Hall–Kier alpha value is -7.04. The normalized spacial score (nSPS) is 13.7. The lowest BCUT2D eigenvalue weighted by Gasteiger charge is -2.23. The van der Waals surface area contributed by atoms with Crippen LogP contribution in [0.3, 0.4) is 0 Å². The van der Waals surface area contributed by atoms with Crippen molar-refractivity contribution in [3.63, 3.8) is 0 Å². The van der Waals surface area contributed by atoms with Crippen LogP contribution in [0.2, 0.25) is 0 Å². The Labute approximate surface area is 384 Å². The van der Waals surface area contributed by atoms with Crippen molar-refractivity contribution in [1.29, 1.82) is 5.41 Å². The van der Waals surface area contributed by atoms with Crippen LogP contribution in [0.1, 0.15) is 90.1 Å². The number of benzene rings is 6. The average molecular weight is 845 g/mol. The number of nitrogens with zero attached hydrogens (tertiary/aromatic N) is 1. The van der Waals surface area contributed by atoms with Crippen molar-refractivity contribution in [2.75, 3.05) is 12.3 Å². The number of aryl methyl sites for hydroxylation is 1. The highest BCUT2D eigenvalue weighted by Crippen LogP contribution is 2.34. The third-order valence-corrected chi connectivity index (χ3v) is 10.6. The number of dihydropyridines is 1. The summed E-state index contributed by atoms with van der Waals surface area (Å²) in [4.78, 5) is 5.24. The Kier molecular flexibility index (Phi) is 19.5. The van der Waals surface area contributed by atoms with Crippen molar-refractivity contribution in [2.45, 2.75) is 75.7 Å². The molecule has 0 spiro atoms. The average Bonchev–Trinajstić information content (AvgIpc) is 3.36. The highest BCUT2D eigenvalue weighted by molar-refractivity contribution is 6.23. The van der Waals surface area contributed by atoms with Gasteiger partial charge in [-0.15, -0.1) is 0 Å². The number of hydrogen-bond donors (Lipinski definition) is 3. The predicted octanol–water partition coefficient (Wildman–Crippen LogP) is 16.6. The maximum atomic E-state index is 8.85. The minimum atomic E-state index is 0.498. The van der Waals surface area contributed by atoms with Gasteiger partial charge >= 0.3 is 0 Å². The molecule has 328 valence electrons. The quantitative estimate of drug-likeness (QED) is 0.0770. The molecule has 1 heterocycles. The minimum Gasteiger partial charge on any atom is -0.398 e. The van der Waals surface area contributed by atoms with Crippen LogP contribution in [-0.2, 0) is 6.42 Å². The molecule has 0 radical (unpaired) electrons. The summed E-state index contributed by atoms with van der Waals surface area (Å²) >= 11 is 0. The number of anilines is 1. The van der Waals surface area contributed by atoms with Crippen molar-refractivity contribution in [3.05, 3.63) is 215 Å². The van der Waals surface area contributed by atoms with Crippen molar-refractivity contribution < 1.29 is 0 Å². The minimum absolute atomic E-state index is 0.498. The van der Waals surface area contributed by atoms with Gasteiger partial charge in [-0.05, 0) is 123 Å². The number of allylic oxidation sites excluding steroid dienone is 10. The zero-order valence-corrected chi connectivity index (χ0v) is 39.8. The van der Waals surface area contributed by atoms with E-state index in [1.165, 1.54) is 27.1 Å². The van der Waals surface area contributed by atoms with Crippen LogP contribution < -0.4 is 11.1 Å². The van der Waals surface area contributed by atoms with E-state index in [1.807, 2.05) is 80.5 Å². The molecule has 4 nitrogen and oxygen atoms in total. The lowest BCUT2D eigenvalue weighted by Crippen LogP contribution is -2.27. The molecular weight excluding hydrogens is 777 g/mol. The number of fused-ring (bicyclic) bond motifs is 3. The maximum Gasteiger partial charge on any atom is 0.0856 e. The zero-order valence-electron chi connectivity index (χ0n) is 39.8. The van der Waals surface area contributed by atoms with Crippen LogP contribution in [-0.4, -0.2) is 18.0 Å². The Morgan fingerprint density at radius 3 is 2.09 bits per heavy atom. The van der Waals surface area contributed by atoms with Crippen LogP contribution in [0.15, 0.2) is 192 Å². The van der Waals surface area contributed by atoms with Gasteiger partial charge in [0.05, 0.1) is 22.8 Å². The van der Waals surface area contributed by atoms with E-state index in [9.17, 15) is 0 Å². The summed E-state index contributed by atoms with van der Waals surface area (Å²) in [5.74, 6) is 0. The SMILES string of the molecule is C=C/C(=C1/C=CC2=C(NCC=C2)C1=N)c1ccc(C/C=C\c2cc(-c3ccc(N=C(/C=C\C)c4cc5ccccc5c5ccccc45)c(C)c3)ccc2N)cc1.CC.CC.CC.CC. The highest BCUT2D eigenvalue weighted by atomic mass is 14.9. The molecule has 2 aliphatic rings. The monoisotopic (exact) mass is 845 g/mol. The van der Waals surface area contributed by atoms with Gasteiger partial charge in [-0.1, -0.05) is 196 Å². The van der Waals surface area contributed by atoms with Crippen LogP contribution in [0.25, 0.3) is 44.3 Å². The first kappa shape index (κ1) is 49.6. The van der Waals surface area contributed by atoms with Crippen molar-refractivity contribution >= 4 is 56.0 Å². The van der Waals surface area contributed by atoms with Crippen molar-refractivity contribution in [1.82, 2.24) is 5.32 Å². The molecule has 0 aromatic heterocycles. The predicted molar refractivity (Wildman–Crippen MR) is 286 cm³/mol. The molecule has 0 saturated carbocycles. The molecule has 0 unspecified atom stereocenters. The maximum absolute atomic E-state index is 8.85. The first-order chi connectivity index (χ1) is 31.4. The van der Waals surface area contributed by atoms with Gasteiger partial charge in [0.1, 0.15) is 0 Å². The second kappa shape index (κ2) is 25.2. The first-order valence-corrected chi connectivity index (χ1v) is 23.1. The van der Waals surface area contributed by atoms with Gasteiger partial charge in [0.2, 0.25) is 0 Å². The van der Waals surface area contributed by atoms with Crippen LogP contribution in [0.4, 0.5) is 11.4 Å². The summed E-state index contributed by atoms with van der Waals surface area (Å²) in [7, 11) is 0. The van der Waals surface area contributed by atoms with Gasteiger partial charge in [-0.3, -0.25) is 5.41 Å². The molecule has 4 N–H and O–H groups in total. The smallest absolute Gasteiger partial charge is 0.0856 e. The molecule has 1 aliphatic heterocycles. The first-order valence-electron chi connectivity index (χ1n) is 23.1. The lowest BCUT2D eigenvalue weighted by molar-refractivity contribution is 0.919. The molecule has 0 saturated heterocycles. The summed E-state index contributed by atoms with van der Waals surface area (Å²) in [6.45, 7) is 25.0. The Bertz CT molecular complexity index is 2770. The molecular formula is C60H68N4. The van der Waals surface area contributed by atoms with Gasteiger partial charge in [0.15, 0.2) is 0 Å². The molecule has 64 heavy (non-hydrogen) atoms. The van der Waals surface area contributed by atoms with Gasteiger partial charge < -0.3 is 11.1 Å². The Balaban J connectivity index is 0.00000106. The fourth-order valence-corrected chi connectivity index (χ4v) is 7.65. The van der Waals surface area contributed by atoms with E-state index in [-0.39, 0.29) is 0 Å². The molecule has 0 atom stereocenters. The summed E-state index contributed by atoms with van der Waals surface area (Å²) in [5, 5.41) is 17.1. The Morgan fingerprint density at radius 2 is 1.41 bits per heavy atom. The number of nitrogens with one attached hydrogen (secondary N) is 2. The molecule has 0 fully saturated rings. The Morgan fingerprint density at radius 1 is 0.750 bits per heavy atom. The second-order valence-corrected chi connectivity index (χ2v) is 14.2. The summed E-state index contributed by atoms with van der Waals surface area (Å²) in [5.41, 5.74) is 21.0. The van der Waals surface area contributed by atoms with Gasteiger partial charge in [0.25, 0.3) is 0 Å². The van der Waals surface area contributed by atoms with E-state index in [4.69, 9.17) is 16.1 Å². The molecule has 6 aromatic rings. The zero-order chi connectivity index (χ0) is 46.6. The number of rotatable bonds is 9. The van der Waals surface area contributed by atoms with Crippen LogP contribution >= 0.6 is 0 Å². The highest BCUT2D eigenvalue weighted by Gasteiger charge is 2.21. The third-order valence-electron chi connectivity index (χ3n) is 10.6. The van der Waals surface area contributed by atoms with Crippen LogP contribution in [0, 0.1) is 12.3 Å². The molecule has 0 amide bonds. The van der Waals surface area contributed by atoms with Crippen molar-refractivity contribution in [3.8, 4) is 11.1 Å². The van der Waals surface area contributed by atoms with E-state index >= 15 is 0 Å². The van der Waals surface area contributed by atoms with E-state index in [1.54, 1.807) is 0 Å².